The van der Waals surface area contributed by atoms with E-state index < -0.39 is 227 Å². The van der Waals surface area contributed by atoms with Gasteiger partial charge in [-0.1, -0.05) is 80.3 Å². The number of hydrogen-bond acceptors (Lipinski definition) is 28. The van der Waals surface area contributed by atoms with Crippen LogP contribution in [0.2, 0.25) is 0 Å². The maximum absolute atomic E-state index is 13.3. The quantitative estimate of drug-likeness (QED) is 0.0263. The minimum atomic E-state index is -5.66. The second-order valence-electron chi connectivity index (χ2n) is 20.3. The molecule has 43 heteroatoms. The first kappa shape index (κ1) is 70.4. The summed E-state index contributed by atoms with van der Waals surface area (Å²) in [5, 5.41) is 21.8. The fraction of sp³-hybridized carbons (Fsp3) is 0.814. The summed E-state index contributed by atoms with van der Waals surface area (Å²) in [4.78, 5) is 34.8. The smallest absolute Gasteiger partial charge is 0.397 e. The number of hydrogen-bond donors (Lipinski definition) is 5. The van der Waals surface area contributed by atoms with Crippen LogP contribution in [-0.4, -0.2) is 213 Å². The van der Waals surface area contributed by atoms with E-state index >= 15 is 0 Å². The molecular weight excluding hydrogens is 1250 g/mol. The van der Waals surface area contributed by atoms with Crippen LogP contribution in [-0.2, 0) is 127 Å². The van der Waals surface area contributed by atoms with E-state index in [9.17, 15) is 83.2 Å². The van der Waals surface area contributed by atoms with Crippen LogP contribution in [0.25, 0.3) is 31.3 Å². The van der Waals surface area contributed by atoms with E-state index in [1.807, 2.05) is 0 Å². The number of nitrogens with zero attached hydrogens (tertiary/aromatic N) is 9. The average molecular weight is 1310 g/mol. The Morgan fingerprint density at radius 2 is 1.12 bits per heavy atom. The maximum Gasteiger partial charge on any atom is 0.397 e. The van der Waals surface area contributed by atoms with E-state index in [0.29, 0.717) is 5.56 Å². The second kappa shape index (κ2) is 30.2. The summed E-state index contributed by atoms with van der Waals surface area (Å²) in [7, 11) is -20.0. The zero-order valence-corrected chi connectivity index (χ0v) is 49.2. The molecular formula is C43H63N9O30S4. The highest BCUT2D eigenvalue weighted by atomic mass is 32.3. The molecule has 24 atom stereocenters. The number of benzene rings is 1. The van der Waals surface area contributed by atoms with Gasteiger partial charge in [-0.05, 0) is 52.2 Å². The van der Waals surface area contributed by atoms with Crippen molar-refractivity contribution in [2.75, 3.05) is 26.9 Å². The first-order chi connectivity index (χ1) is 40.3. The van der Waals surface area contributed by atoms with E-state index in [4.69, 9.17) is 56.3 Å². The van der Waals surface area contributed by atoms with E-state index in [1.165, 1.54) is 20.8 Å². The lowest BCUT2D eigenvalue weighted by Crippen LogP contribution is -2.65. The van der Waals surface area contributed by atoms with Crippen LogP contribution in [0.5, 0.6) is 0 Å². The molecule has 39 nitrogen and oxygen atoms in total. The Morgan fingerprint density at radius 1 is 0.581 bits per heavy atom. The molecule has 0 saturated carbocycles. The van der Waals surface area contributed by atoms with Gasteiger partial charge in [0.2, 0.25) is 0 Å². The van der Waals surface area contributed by atoms with E-state index in [2.05, 4.69) is 42.6 Å². The van der Waals surface area contributed by atoms with Crippen LogP contribution >= 0.6 is 0 Å². The molecule has 5 N–H and O–H groups in total. The van der Waals surface area contributed by atoms with E-state index in [-0.39, 0.29) is 6.29 Å². The van der Waals surface area contributed by atoms with Gasteiger partial charge in [-0.3, -0.25) is 18.2 Å². The standard InChI is InChI=1S/C43H63N9O30S4/c1-18-19(2)30(48-51-45)42(75-27(18)15-70-83(56,57)58)79-33-20(3)21(4)39(81-36(33)38(54)55)73-25-12-24(47-50-44)40(76-28(25)16-71-84(59,60)61)80-34-26(13-53)74-43(37(82-86(65,66)67)35(34)69-14-23-10-8-7-9-11-23)78-32-22(5)31(49-52-46)41(68-6)77-29(32)17-72-85(62,63)64/h7-11,13,18-22,24-37,39-43H,12,14-17H2,1-6H3,(H,54,55)(H,56,57,58)(H,59,60,61)(H,62,63,64)(H,65,66,67)/t18-,19-,20+,21?,22+,24?,25-,26?,27?,28?,29?,30?,31?,32-,33-,34-,35?,36?,37-,39+,40-,41-,42+,43-/m0/s1. The minimum Gasteiger partial charge on any atom is -0.479 e. The highest BCUT2D eigenvalue weighted by molar-refractivity contribution is 7.81. The Labute approximate surface area is 490 Å². The van der Waals surface area contributed by atoms with Crippen LogP contribution in [0, 0.1) is 29.6 Å². The molecule has 86 heavy (non-hydrogen) atoms. The van der Waals surface area contributed by atoms with Crippen molar-refractivity contribution in [2.24, 2.45) is 44.9 Å². The molecule has 1 aromatic carbocycles. The van der Waals surface area contributed by atoms with Gasteiger partial charge in [0.25, 0.3) is 0 Å². The highest BCUT2D eigenvalue weighted by Gasteiger charge is 2.57. The van der Waals surface area contributed by atoms with Gasteiger partial charge in [-0.2, -0.15) is 33.7 Å². The number of methoxy groups -OCH3 is 1. The van der Waals surface area contributed by atoms with Crippen LogP contribution in [0.4, 0.5) is 0 Å². The minimum absolute atomic E-state index is 0.0944. The molecule has 0 spiro atoms. The van der Waals surface area contributed by atoms with Crippen LogP contribution in [0.1, 0.15) is 46.6 Å². The van der Waals surface area contributed by atoms with Gasteiger partial charge in [0, 0.05) is 27.8 Å². The molecule has 484 valence electrons. The third-order valence-electron chi connectivity index (χ3n) is 15.0. The maximum atomic E-state index is 13.3. The summed E-state index contributed by atoms with van der Waals surface area (Å²) < 4.78 is 220. The topological polar surface area (TPSA) is 557 Å². The lowest BCUT2D eigenvalue weighted by Gasteiger charge is -2.50. The second-order valence-corrected chi connectivity index (χ2v) is 24.6. The third kappa shape index (κ3) is 18.9. The van der Waals surface area contributed by atoms with Crippen molar-refractivity contribution < 1.29 is 135 Å². The van der Waals surface area contributed by atoms with Crippen molar-refractivity contribution in [1.29, 1.82) is 0 Å². The van der Waals surface area contributed by atoms with Gasteiger partial charge >= 0.3 is 47.6 Å². The van der Waals surface area contributed by atoms with E-state index in [0.717, 1.165) is 7.11 Å². The number of aliphatic carboxylic acids is 1. The Kier molecular flexibility index (Phi) is 24.7. The summed E-state index contributed by atoms with van der Waals surface area (Å²) in [6.45, 7) is 4.22. The Morgan fingerprint density at radius 3 is 1.66 bits per heavy atom. The molecule has 0 radical (unpaired) electrons. The molecule has 0 bridgehead atoms. The summed E-state index contributed by atoms with van der Waals surface area (Å²) in [6, 6.07) is 3.76. The van der Waals surface area contributed by atoms with Crippen LogP contribution in [0.3, 0.4) is 0 Å². The normalized spacial score (nSPS) is 38.1. The van der Waals surface area contributed by atoms with Crippen LogP contribution < -0.4 is 0 Å². The van der Waals surface area contributed by atoms with Gasteiger partial charge < -0.3 is 62.0 Å². The summed E-state index contributed by atoms with van der Waals surface area (Å²) >= 11 is 0. The zero-order chi connectivity index (χ0) is 63.6. The molecule has 0 amide bonds. The SMILES string of the molecule is CO[C@H]1OC(COS(=O)(=O)O)[C@@H](O[C@@H]2OC(C=O)[C@H](O[C@@H]3OC(COS(=O)(=O)O)[C@@H](O[C@@H]4OC(C(=O)O)[C@@H](O[C@H]5OC(COS(=O)(=O)O)[C@@H](C)[C@H](C)C5N=[N+]=[N-])[C@H](C)C4C)CC3N=[N+]=[N-])C(OCc3ccccc3)[C@@H]2OS(=O)(=O)O)[C@H](C)C1N=[N+]=[N-]. The number of carbonyl (C=O) groups is 2. The lowest BCUT2D eigenvalue weighted by molar-refractivity contribution is -0.359. The lowest BCUT2D eigenvalue weighted by atomic mass is 9.81. The predicted octanol–water partition coefficient (Wildman–Crippen LogP) is 1.92. The predicted molar refractivity (Wildman–Crippen MR) is 277 cm³/mol. The first-order valence-corrected chi connectivity index (χ1v) is 31.2. The highest BCUT2D eigenvalue weighted by Crippen LogP contribution is 2.42. The molecule has 5 heterocycles. The number of carboxylic acids is 1. The van der Waals surface area contributed by atoms with Gasteiger partial charge in [0.1, 0.15) is 36.6 Å². The Bertz CT molecular complexity index is 3090. The molecule has 0 aromatic heterocycles. The van der Waals surface area contributed by atoms with Gasteiger partial charge in [-0.25, -0.2) is 21.5 Å². The fourth-order valence-electron chi connectivity index (χ4n) is 10.3. The van der Waals surface area contributed by atoms with Gasteiger partial charge in [0.05, 0.1) is 62.9 Å². The first-order valence-electron chi connectivity index (χ1n) is 25.7. The summed E-state index contributed by atoms with van der Waals surface area (Å²) in [5.74, 6) is -5.88. The zero-order valence-electron chi connectivity index (χ0n) is 46.0. The number of aldehydes is 1. The summed E-state index contributed by atoms with van der Waals surface area (Å²) in [6.07, 6.45) is -29.0. The third-order valence-corrected chi connectivity index (χ3v) is 16.7. The number of carboxylic acid groups (broad SMARTS) is 1. The van der Waals surface area contributed by atoms with Crippen molar-refractivity contribution >= 4 is 53.9 Å². The largest absolute Gasteiger partial charge is 0.479 e. The van der Waals surface area contributed by atoms with E-state index in [1.54, 1.807) is 44.2 Å². The van der Waals surface area contributed by atoms with Crippen molar-refractivity contribution in [3.8, 4) is 0 Å². The van der Waals surface area contributed by atoms with Crippen LogP contribution in [0.15, 0.2) is 45.7 Å². The molecule has 6 rings (SSSR count). The molecule has 5 saturated heterocycles. The van der Waals surface area contributed by atoms with Gasteiger partial charge in [0.15, 0.2) is 49.9 Å². The Balaban J connectivity index is 1.33. The molecule has 5 fully saturated rings. The number of rotatable bonds is 28. The molecule has 1 aromatic rings. The fourth-order valence-corrected chi connectivity index (χ4v) is 11.7. The molecule has 5 aliphatic heterocycles. The molecule has 10 unspecified atom stereocenters. The summed E-state index contributed by atoms with van der Waals surface area (Å²) in [5.41, 5.74) is 29.2. The number of ether oxygens (including phenoxy) is 11. The average Bonchev–Trinajstić information content (AvgIpc) is 0.881. The number of azide groups is 3. The molecule has 0 aliphatic carbocycles. The van der Waals surface area contributed by atoms with Crippen molar-refractivity contribution in [3.63, 3.8) is 0 Å². The molecule has 5 aliphatic rings. The van der Waals surface area contributed by atoms with Crippen molar-refractivity contribution in [3.05, 3.63) is 67.2 Å². The van der Waals surface area contributed by atoms with Crippen molar-refractivity contribution in [1.82, 2.24) is 0 Å². The monoisotopic (exact) mass is 1310 g/mol. The van der Waals surface area contributed by atoms with Gasteiger partial charge in [-0.15, -0.1) is 0 Å². The number of carbonyl (C=O) groups excluding carboxylic acids is 1. The van der Waals surface area contributed by atoms with Crippen molar-refractivity contribution in [2.45, 2.75) is 164 Å². The Hall–Kier alpha value is -4.67.